The second kappa shape index (κ2) is 3.86. The number of halogens is 2. The number of nitrogens with zero attached hydrogens (tertiary/aromatic N) is 1. The van der Waals surface area contributed by atoms with Crippen LogP contribution in [0.3, 0.4) is 0 Å². The van der Waals surface area contributed by atoms with Crippen molar-refractivity contribution in [3.8, 4) is 0 Å². The number of Topliss-reactive ketones (excluding diaryl/α,β-unsaturated/α-hetero) is 1. The number of ketones is 1. The van der Waals surface area contributed by atoms with Gasteiger partial charge >= 0.3 is 0 Å². The number of nitrogens with two attached hydrogens (primary N) is 1. The lowest BCUT2D eigenvalue weighted by Gasteiger charge is -2.17. The SMILES string of the molecule is Nc1cc(Br)c(F)cc1N1CC(=O)CC1=O. The van der Waals surface area contributed by atoms with Gasteiger partial charge in [0.05, 0.1) is 28.8 Å². The summed E-state index contributed by atoms with van der Waals surface area (Å²) >= 11 is 2.99. The van der Waals surface area contributed by atoms with Gasteiger partial charge in [0.2, 0.25) is 5.91 Å². The quantitative estimate of drug-likeness (QED) is 0.628. The average molecular weight is 287 g/mol. The number of nitrogen functional groups attached to an aromatic ring is 1. The Hall–Kier alpha value is -1.43. The van der Waals surface area contributed by atoms with Crippen molar-refractivity contribution in [3.63, 3.8) is 0 Å². The normalized spacial score (nSPS) is 16.0. The lowest BCUT2D eigenvalue weighted by Crippen LogP contribution is -2.25. The summed E-state index contributed by atoms with van der Waals surface area (Å²) in [6.45, 7) is -0.0376. The lowest BCUT2D eigenvalue weighted by atomic mass is 10.2. The molecule has 1 aromatic rings. The maximum atomic E-state index is 13.3. The fourth-order valence-corrected chi connectivity index (χ4v) is 1.95. The van der Waals surface area contributed by atoms with E-state index in [2.05, 4.69) is 15.9 Å². The summed E-state index contributed by atoms with van der Waals surface area (Å²) in [6.07, 6.45) is -0.142. The average Bonchev–Trinajstić information content (AvgIpc) is 2.51. The summed E-state index contributed by atoms with van der Waals surface area (Å²) in [6, 6.07) is 2.52. The van der Waals surface area contributed by atoms with Crippen molar-refractivity contribution in [1.29, 1.82) is 0 Å². The zero-order chi connectivity index (χ0) is 11.9. The monoisotopic (exact) mass is 286 g/mol. The van der Waals surface area contributed by atoms with Crippen LogP contribution in [0.4, 0.5) is 15.8 Å². The number of hydrogen-bond acceptors (Lipinski definition) is 3. The largest absolute Gasteiger partial charge is 0.397 e. The van der Waals surface area contributed by atoms with Gasteiger partial charge < -0.3 is 10.6 Å². The molecule has 1 fully saturated rings. The maximum absolute atomic E-state index is 13.3. The Balaban J connectivity index is 2.45. The van der Waals surface area contributed by atoms with E-state index in [0.29, 0.717) is 0 Å². The zero-order valence-electron chi connectivity index (χ0n) is 8.17. The summed E-state index contributed by atoms with van der Waals surface area (Å²) in [5, 5.41) is 0. The molecule has 1 saturated heterocycles. The first-order valence-electron chi connectivity index (χ1n) is 4.55. The minimum atomic E-state index is -0.517. The summed E-state index contributed by atoms with van der Waals surface area (Å²) in [5.41, 5.74) is 6.18. The Morgan fingerprint density at radius 1 is 1.38 bits per heavy atom. The summed E-state index contributed by atoms with van der Waals surface area (Å²) < 4.78 is 13.5. The highest BCUT2D eigenvalue weighted by molar-refractivity contribution is 9.10. The molecule has 1 aliphatic heterocycles. The standard InChI is InChI=1S/C10H8BrFN2O2/c11-6-2-8(13)9(3-7(6)12)14-4-5(15)1-10(14)16/h2-3H,1,4,13H2. The highest BCUT2D eigenvalue weighted by Crippen LogP contribution is 2.31. The van der Waals surface area contributed by atoms with Crippen LogP contribution in [0.25, 0.3) is 0 Å². The van der Waals surface area contributed by atoms with Crippen LogP contribution >= 0.6 is 15.9 Å². The number of benzene rings is 1. The Kier molecular flexibility index (Phi) is 2.67. The van der Waals surface area contributed by atoms with Gasteiger partial charge in [-0.25, -0.2) is 4.39 Å². The molecule has 0 aromatic heterocycles. The Bertz CT molecular complexity index is 490. The minimum absolute atomic E-state index is 0.0376. The molecule has 0 unspecified atom stereocenters. The van der Waals surface area contributed by atoms with Crippen molar-refractivity contribution in [3.05, 3.63) is 22.4 Å². The van der Waals surface area contributed by atoms with Crippen molar-refractivity contribution in [1.82, 2.24) is 0 Å². The van der Waals surface area contributed by atoms with Crippen LogP contribution < -0.4 is 10.6 Å². The number of anilines is 2. The van der Waals surface area contributed by atoms with Gasteiger partial charge in [-0.15, -0.1) is 0 Å². The summed E-state index contributed by atoms with van der Waals surface area (Å²) in [4.78, 5) is 23.7. The minimum Gasteiger partial charge on any atom is -0.397 e. The number of carbonyl (C=O) groups is 2. The van der Waals surface area contributed by atoms with Crippen molar-refractivity contribution < 1.29 is 14.0 Å². The van der Waals surface area contributed by atoms with Gasteiger partial charge in [0, 0.05) is 6.07 Å². The molecule has 0 spiro atoms. The molecular weight excluding hydrogens is 279 g/mol. The molecule has 0 bridgehead atoms. The van der Waals surface area contributed by atoms with Gasteiger partial charge in [-0.1, -0.05) is 0 Å². The molecule has 1 aromatic carbocycles. The first-order valence-corrected chi connectivity index (χ1v) is 5.35. The molecule has 1 amide bonds. The maximum Gasteiger partial charge on any atom is 0.234 e. The molecule has 1 aliphatic rings. The number of carbonyl (C=O) groups excluding carboxylic acids is 2. The van der Waals surface area contributed by atoms with E-state index in [1.807, 2.05) is 0 Å². The third-order valence-corrected chi connectivity index (χ3v) is 2.95. The predicted molar refractivity (Wildman–Crippen MR) is 60.5 cm³/mol. The number of hydrogen-bond donors (Lipinski definition) is 1. The third kappa shape index (κ3) is 1.80. The molecule has 6 heteroatoms. The highest BCUT2D eigenvalue weighted by atomic mass is 79.9. The van der Waals surface area contributed by atoms with Crippen LogP contribution in [0.2, 0.25) is 0 Å². The van der Waals surface area contributed by atoms with E-state index in [0.717, 1.165) is 6.07 Å². The van der Waals surface area contributed by atoms with Crippen LogP contribution in [0.15, 0.2) is 16.6 Å². The van der Waals surface area contributed by atoms with Gasteiger partial charge in [0.15, 0.2) is 5.78 Å². The van der Waals surface area contributed by atoms with Crippen LogP contribution in [-0.4, -0.2) is 18.2 Å². The van der Waals surface area contributed by atoms with E-state index >= 15 is 0 Å². The van der Waals surface area contributed by atoms with Crippen molar-refractivity contribution >= 4 is 39.0 Å². The van der Waals surface area contributed by atoms with Crippen LogP contribution in [0, 0.1) is 5.82 Å². The zero-order valence-corrected chi connectivity index (χ0v) is 9.75. The van der Waals surface area contributed by atoms with E-state index in [1.165, 1.54) is 11.0 Å². The Morgan fingerprint density at radius 2 is 2.06 bits per heavy atom. The molecule has 84 valence electrons. The van der Waals surface area contributed by atoms with Crippen molar-refractivity contribution in [2.45, 2.75) is 6.42 Å². The predicted octanol–water partition coefficient (Wildman–Crippen LogP) is 1.48. The molecule has 4 nitrogen and oxygen atoms in total. The number of rotatable bonds is 1. The van der Waals surface area contributed by atoms with E-state index in [-0.39, 0.29) is 40.5 Å². The van der Waals surface area contributed by atoms with Crippen LogP contribution in [0.1, 0.15) is 6.42 Å². The molecule has 2 N–H and O–H groups in total. The van der Waals surface area contributed by atoms with Gasteiger partial charge in [0.1, 0.15) is 5.82 Å². The van der Waals surface area contributed by atoms with Gasteiger partial charge in [-0.05, 0) is 22.0 Å². The second-order valence-corrected chi connectivity index (χ2v) is 4.37. The smallest absolute Gasteiger partial charge is 0.234 e. The van der Waals surface area contributed by atoms with Crippen molar-refractivity contribution in [2.75, 3.05) is 17.2 Å². The van der Waals surface area contributed by atoms with E-state index < -0.39 is 5.82 Å². The molecule has 0 aliphatic carbocycles. The fraction of sp³-hybridized carbons (Fsp3) is 0.200. The fourth-order valence-electron chi connectivity index (χ4n) is 1.59. The second-order valence-electron chi connectivity index (χ2n) is 3.52. The van der Waals surface area contributed by atoms with Crippen LogP contribution in [0.5, 0.6) is 0 Å². The van der Waals surface area contributed by atoms with Gasteiger partial charge in [-0.2, -0.15) is 0 Å². The molecule has 0 saturated carbocycles. The topological polar surface area (TPSA) is 63.4 Å². The molecule has 16 heavy (non-hydrogen) atoms. The first-order chi connectivity index (χ1) is 7.49. The Labute approximate surface area is 99.3 Å². The molecule has 1 heterocycles. The molecular formula is C10H8BrFN2O2. The Morgan fingerprint density at radius 3 is 2.62 bits per heavy atom. The molecule has 0 atom stereocenters. The summed E-state index contributed by atoms with van der Waals surface area (Å²) in [7, 11) is 0. The van der Waals surface area contributed by atoms with Crippen molar-refractivity contribution in [2.24, 2.45) is 0 Å². The summed E-state index contributed by atoms with van der Waals surface area (Å²) in [5.74, 6) is -1.05. The van der Waals surface area contributed by atoms with Crippen LogP contribution in [-0.2, 0) is 9.59 Å². The van der Waals surface area contributed by atoms with Gasteiger partial charge in [-0.3, -0.25) is 9.59 Å². The van der Waals surface area contributed by atoms with E-state index in [9.17, 15) is 14.0 Å². The highest BCUT2D eigenvalue weighted by Gasteiger charge is 2.30. The molecule has 2 rings (SSSR count). The van der Waals surface area contributed by atoms with E-state index in [4.69, 9.17) is 5.73 Å². The van der Waals surface area contributed by atoms with Gasteiger partial charge in [0.25, 0.3) is 0 Å². The van der Waals surface area contributed by atoms with E-state index in [1.54, 1.807) is 0 Å². The first kappa shape index (κ1) is 11.1. The molecule has 0 radical (unpaired) electrons. The number of amides is 1. The lowest BCUT2D eigenvalue weighted by molar-refractivity contribution is -0.121. The third-order valence-electron chi connectivity index (χ3n) is 2.34.